The lowest BCUT2D eigenvalue weighted by Crippen LogP contribution is -2.17. The van der Waals surface area contributed by atoms with Gasteiger partial charge in [0, 0.05) is 17.2 Å². The molecule has 7 heteroatoms. The van der Waals surface area contributed by atoms with Gasteiger partial charge >= 0.3 is 5.97 Å². The molecule has 106 valence electrons. The molecule has 0 bridgehead atoms. The van der Waals surface area contributed by atoms with Gasteiger partial charge in [0.15, 0.2) is 0 Å². The number of nitrogens with one attached hydrogen (secondary N) is 1. The molecular weight excluding hydrogens is 264 g/mol. The Balaban J connectivity index is 3.09. The van der Waals surface area contributed by atoms with Crippen LogP contribution in [0.2, 0.25) is 0 Å². The molecule has 0 radical (unpaired) electrons. The number of nitrogens with zero attached hydrogens (tertiary/aromatic N) is 1. The molecule has 0 aromatic heterocycles. The van der Waals surface area contributed by atoms with Crippen LogP contribution in [0.15, 0.2) is 29.3 Å². The second-order valence-corrected chi connectivity index (χ2v) is 4.22. The van der Waals surface area contributed by atoms with Crippen molar-refractivity contribution >= 4 is 23.3 Å². The van der Waals surface area contributed by atoms with Crippen LogP contribution in [0.3, 0.4) is 0 Å². The first-order valence-corrected chi connectivity index (χ1v) is 5.71. The molecule has 0 aliphatic carbocycles. The summed E-state index contributed by atoms with van der Waals surface area (Å²) in [5.41, 5.74) is 0.446. The van der Waals surface area contributed by atoms with E-state index in [0.717, 1.165) is 0 Å². The number of carbonyl (C=O) groups is 2. The Morgan fingerprint density at radius 1 is 1.25 bits per heavy atom. The Morgan fingerprint density at radius 2 is 1.85 bits per heavy atom. The Bertz CT molecular complexity index is 619. The highest BCUT2D eigenvalue weighted by molar-refractivity contribution is 6.08. The number of aliphatic carboxylic acids is 1. The highest BCUT2D eigenvalue weighted by atomic mass is 16.6. The Kier molecular flexibility index (Phi) is 4.58. The van der Waals surface area contributed by atoms with Crippen LogP contribution in [0.4, 0.5) is 11.4 Å². The van der Waals surface area contributed by atoms with Crippen molar-refractivity contribution in [1.82, 2.24) is 0 Å². The number of anilines is 1. The summed E-state index contributed by atoms with van der Waals surface area (Å²) in [5.74, 6) is -1.79. The fraction of sp³-hybridized carbons (Fsp3) is 0.231. The maximum Gasteiger partial charge on any atom is 0.331 e. The van der Waals surface area contributed by atoms with Crippen molar-refractivity contribution in [1.29, 1.82) is 0 Å². The Labute approximate surface area is 115 Å². The quantitative estimate of drug-likeness (QED) is 0.498. The maximum absolute atomic E-state index is 11.9. The number of nitro benzene ring substituents is 1. The van der Waals surface area contributed by atoms with Crippen molar-refractivity contribution in [2.45, 2.75) is 20.8 Å². The fourth-order valence-corrected chi connectivity index (χ4v) is 1.50. The molecule has 1 amide bonds. The smallest absolute Gasteiger partial charge is 0.331 e. The van der Waals surface area contributed by atoms with Crippen LogP contribution in [0.1, 0.15) is 19.4 Å². The number of carbonyl (C=O) groups excluding carboxylic acids is 1. The molecule has 1 rings (SSSR count). The highest BCUT2D eigenvalue weighted by Gasteiger charge is 2.17. The molecule has 1 aromatic rings. The van der Waals surface area contributed by atoms with E-state index in [1.807, 2.05) is 0 Å². The molecule has 2 N–H and O–H groups in total. The highest BCUT2D eigenvalue weighted by Crippen LogP contribution is 2.25. The number of benzene rings is 1. The van der Waals surface area contributed by atoms with Crippen LogP contribution < -0.4 is 5.32 Å². The maximum atomic E-state index is 11.9. The summed E-state index contributed by atoms with van der Waals surface area (Å²) in [6.45, 7) is 4.21. The number of carboxylic acids is 1. The van der Waals surface area contributed by atoms with E-state index in [0.29, 0.717) is 5.56 Å². The number of hydrogen-bond donors (Lipinski definition) is 2. The molecular formula is C13H14N2O5. The van der Waals surface area contributed by atoms with Gasteiger partial charge in [0.1, 0.15) is 0 Å². The van der Waals surface area contributed by atoms with Gasteiger partial charge in [0.2, 0.25) is 0 Å². The minimum absolute atomic E-state index is 0.0448. The zero-order chi connectivity index (χ0) is 15.4. The molecule has 0 saturated heterocycles. The minimum atomic E-state index is -1.19. The average molecular weight is 278 g/mol. The number of carboxylic acid groups (broad SMARTS) is 1. The summed E-state index contributed by atoms with van der Waals surface area (Å²) >= 11 is 0. The SMILES string of the molecule is CC(C(=O)O)=C(C)C(=O)Nc1cccc([N+](=O)[O-])c1C. The van der Waals surface area contributed by atoms with Crippen molar-refractivity contribution < 1.29 is 19.6 Å². The van der Waals surface area contributed by atoms with Crippen molar-refractivity contribution in [3.63, 3.8) is 0 Å². The topological polar surface area (TPSA) is 110 Å². The van der Waals surface area contributed by atoms with Crippen molar-refractivity contribution in [3.8, 4) is 0 Å². The molecule has 1 aromatic carbocycles. The summed E-state index contributed by atoms with van der Waals surface area (Å²) in [5, 5.41) is 22.1. The zero-order valence-corrected chi connectivity index (χ0v) is 11.3. The summed E-state index contributed by atoms with van der Waals surface area (Å²) in [6.07, 6.45) is 0. The van der Waals surface area contributed by atoms with E-state index in [1.54, 1.807) is 0 Å². The predicted octanol–water partition coefficient (Wildman–Crippen LogP) is 2.26. The van der Waals surface area contributed by atoms with Gasteiger partial charge in [-0.05, 0) is 26.8 Å². The van der Waals surface area contributed by atoms with Gasteiger partial charge in [0.25, 0.3) is 11.6 Å². The van der Waals surface area contributed by atoms with Gasteiger partial charge in [-0.3, -0.25) is 14.9 Å². The van der Waals surface area contributed by atoms with Crippen molar-refractivity contribution in [3.05, 3.63) is 45.0 Å². The number of amides is 1. The Morgan fingerprint density at radius 3 is 2.35 bits per heavy atom. The normalized spacial score (nSPS) is 11.6. The first kappa shape index (κ1) is 15.4. The van der Waals surface area contributed by atoms with Crippen LogP contribution in [-0.4, -0.2) is 21.9 Å². The molecule has 0 heterocycles. The third-order valence-electron chi connectivity index (χ3n) is 2.97. The second kappa shape index (κ2) is 5.96. The average Bonchev–Trinajstić information content (AvgIpc) is 2.38. The van der Waals surface area contributed by atoms with Crippen molar-refractivity contribution in [2.24, 2.45) is 0 Å². The van der Waals surface area contributed by atoms with E-state index in [-0.39, 0.29) is 22.5 Å². The monoisotopic (exact) mass is 278 g/mol. The van der Waals surface area contributed by atoms with Crippen LogP contribution in [-0.2, 0) is 9.59 Å². The van der Waals surface area contributed by atoms with Gasteiger partial charge < -0.3 is 10.4 Å². The van der Waals surface area contributed by atoms with E-state index < -0.39 is 16.8 Å². The first-order valence-electron chi connectivity index (χ1n) is 5.71. The Hall–Kier alpha value is -2.70. The largest absolute Gasteiger partial charge is 0.478 e. The lowest BCUT2D eigenvalue weighted by atomic mass is 10.1. The molecule has 0 aliphatic heterocycles. The third kappa shape index (κ3) is 3.19. The fourth-order valence-electron chi connectivity index (χ4n) is 1.50. The van der Waals surface area contributed by atoms with Gasteiger partial charge in [-0.1, -0.05) is 6.07 Å². The van der Waals surface area contributed by atoms with Gasteiger partial charge in [0.05, 0.1) is 16.2 Å². The molecule has 0 atom stereocenters. The van der Waals surface area contributed by atoms with Gasteiger partial charge in [-0.2, -0.15) is 0 Å². The molecule has 0 spiro atoms. The lowest BCUT2D eigenvalue weighted by Gasteiger charge is -2.09. The number of nitro groups is 1. The predicted molar refractivity (Wildman–Crippen MR) is 72.5 cm³/mol. The molecule has 0 fully saturated rings. The lowest BCUT2D eigenvalue weighted by molar-refractivity contribution is -0.385. The molecule has 0 saturated carbocycles. The summed E-state index contributed by atoms with van der Waals surface area (Å²) in [6, 6.07) is 4.30. The zero-order valence-electron chi connectivity index (χ0n) is 11.3. The number of rotatable bonds is 4. The standard InChI is InChI=1S/C13H14N2O5/c1-7(8(2)13(17)18)12(16)14-10-5-4-6-11(9(10)3)15(19)20/h4-6H,1-3H3,(H,14,16)(H,17,18). The van der Waals surface area contributed by atoms with E-state index in [9.17, 15) is 19.7 Å². The molecule has 7 nitrogen and oxygen atoms in total. The molecule has 0 unspecified atom stereocenters. The van der Waals surface area contributed by atoms with E-state index in [2.05, 4.69) is 5.32 Å². The second-order valence-electron chi connectivity index (χ2n) is 4.22. The molecule has 20 heavy (non-hydrogen) atoms. The molecule has 0 aliphatic rings. The van der Waals surface area contributed by atoms with Crippen LogP contribution in [0, 0.1) is 17.0 Å². The first-order chi connectivity index (χ1) is 9.25. The van der Waals surface area contributed by atoms with Crippen LogP contribution in [0.25, 0.3) is 0 Å². The summed E-state index contributed by atoms with van der Waals surface area (Å²) in [4.78, 5) is 32.9. The minimum Gasteiger partial charge on any atom is -0.478 e. The summed E-state index contributed by atoms with van der Waals surface area (Å²) in [7, 11) is 0. The van der Waals surface area contributed by atoms with E-state index >= 15 is 0 Å². The summed E-state index contributed by atoms with van der Waals surface area (Å²) < 4.78 is 0. The van der Waals surface area contributed by atoms with Crippen molar-refractivity contribution in [2.75, 3.05) is 5.32 Å². The van der Waals surface area contributed by atoms with E-state index in [1.165, 1.54) is 39.0 Å². The van der Waals surface area contributed by atoms with Gasteiger partial charge in [-0.25, -0.2) is 4.79 Å². The van der Waals surface area contributed by atoms with E-state index in [4.69, 9.17) is 5.11 Å². The van der Waals surface area contributed by atoms with Crippen LogP contribution >= 0.6 is 0 Å². The van der Waals surface area contributed by atoms with Gasteiger partial charge in [-0.15, -0.1) is 0 Å². The van der Waals surface area contributed by atoms with Crippen LogP contribution in [0.5, 0.6) is 0 Å². The number of hydrogen-bond acceptors (Lipinski definition) is 4. The third-order valence-corrected chi connectivity index (χ3v) is 2.97.